The molecule has 9 nitrogen and oxygen atoms in total. The van der Waals surface area contributed by atoms with Gasteiger partial charge in [0.1, 0.15) is 16.8 Å². The van der Waals surface area contributed by atoms with Crippen LogP contribution in [0.1, 0.15) is 58.1 Å². The maximum Gasteiger partial charge on any atom is 0.247 e. The number of amides is 1. The van der Waals surface area contributed by atoms with Crippen LogP contribution in [-0.2, 0) is 24.3 Å². The number of hydrogen-bond acceptors (Lipinski definition) is 7. The highest BCUT2D eigenvalue weighted by Gasteiger charge is 2.52. The molecule has 1 aromatic rings. The molecule has 0 N–H and O–H groups in total. The first-order chi connectivity index (χ1) is 16.7. The van der Waals surface area contributed by atoms with Crippen LogP contribution in [0.4, 0.5) is 5.82 Å². The third-order valence-corrected chi connectivity index (χ3v) is 10.5. The number of hydrogen-bond donors (Lipinski definition) is 0. The number of aryl methyl sites for hydroxylation is 1. The first kappa shape index (κ1) is 23.6. The molecule has 6 fully saturated rings. The highest BCUT2D eigenvalue weighted by Crippen LogP contribution is 2.44. The molecule has 0 unspecified atom stereocenters. The molecule has 0 radical (unpaired) electrons. The lowest BCUT2D eigenvalue weighted by Crippen LogP contribution is -2.66. The zero-order valence-corrected chi connectivity index (χ0v) is 21.6. The van der Waals surface area contributed by atoms with E-state index in [9.17, 15) is 13.2 Å². The van der Waals surface area contributed by atoms with Crippen molar-refractivity contribution in [2.75, 3.05) is 24.7 Å². The van der Waals surface area contributed by atoms with Crippen LogP contribution < -0.4 is 4.90 Å². The van der Waals surface area contributed by atoms with E-state index in [0.717, 1.165) is 31.4 Å². The molecule has 0 spiro atoms. The number of aromatic nitrogens is 1. The van der Waals surface area contributed by atoms with Gasteiger partial charge in [0.05, 0.1) is 37.5 Å². The lowest BCUT2D eigenvalue weighted by atomic mass is 9.77. The zero-order valence-electron chi connectivity index (χ0n) is 20.8. The van der Waals surface area contributed by atoms with E-state index in [1.54, 1.807) is 12.1 Å². The van der Waals surface area contributed by atoms with Crippen molar-refractivity contribution in [3.05, 3.63) is 17.8 Å². The van der Waals surface area contributed by atoms with E-state index in [0.29, 0.717) is 38.4 Å². The van der Waals surface area contributed by atoms with E-state index in [1.165, 1.54) is 4.31 Å². The summed E-state index contributed by atoms with van der Waals surface area (Å²) in [7, 11) is -3.92. The molecule has 1 amide bonds. The van der Waals surface area contributed by atoms with Gasteiger partial charge in [0.25, 0.3) is 0 Å². The van der Waals surface area contributed by atoms with Crippen LogP contribution in [0.5, 0.6) is 0 Å². The van der Waals surface area contributed by atoms with Gasteiger partial charge in [-0.25, -0.2) is 13.4 Å². The molecule has 3 atom stereocenters. The van der Waals surface area contributed by atoms with Crippen molar-refractivity contribution in [3.8, 4) is 0 Å². The fourth-order valence-corrected chi connectivity index (χ4v) is 8.89. The molecule has 0 aliphatic carbocycles. The number of morpholine rings is 1. The van der Waals surface area contributed by atoms with Crippen LogP contribution in [0.2, 0.25) is 0 Å². The Bertz CT molecular complexity index is 1070. The summed E-state index contributed by atoms with van der Waals surface area (Å²) in [6, 6.07) is 3.12. The number of anilines is 1. The van der Waals surface area contributed by atoms with Gasteiger partial charge in [0, 0.05) is 24.3 Å². The van der Waals surface area contributed by atoms with Crippen molar-refractivity contribution in [1.29, 1.82) is 0 Å². The third kappa shape index (κ3) is 3.88. The number of carbonyl (C=O) groups is 1. The molecular weight excluding hydrogens is 468 g/mol. The molecule has 7 rings (SSSR count). The van der Waals surface area contributed by atoms with E-state index in [1.807, 2.05) is 25.7 Å². The summed E-state index contributed by atoms with van der Waals surface area (Å²) in [5.41, 5.74) is 0.765. The topological polar surface area (TPSA) is 92.3 Å². The number of carbonyl (C=O) groups excluding carboxylic acids is 1. The Kier molecular flexibility index (Phi) is 5.86. The number of rotatable bonds is 4. The highest BCUT2D eigenvalue weighted by atomic mass is 32.2. The number of ether oxygens (including phenoxy) is 2. The lowest BCUT2D eigenvalue weighted by molar-refractivity contribution is -0.191. The van der Waals surface area contributed by atoms with Gasteiger partial charge in [0.15, 0.2) is 0 Å². The molecule has 35 heavy (non-hydrogen) atoms. The summed E-state index contributed by atoms with van der Waals surface area (Å²) in [5, 5.41) is 0. The maximum absolute atomic E-state index is 14.2. The minimum Gasteiger partial charge on any atom is -0.377 e. The smallest absolute Gasteiger partial charge is 0.247 e. The molecule has 6 saturated heterocycles. The standard InChI is InChI=1S/C25H36N4O5S/c1-15-6-7-23(24(26-15)28-16(2)13-33-14-17(28)3)35(31,32)27-8-4-5-22(27)25(30)29-18-9-20-11-19(29)12-21(10-18)34-20/h6-7,16-22H,4-5,8-14H2,1-3H3/t16-,17-,18?,19?,20?,21?,22-/m0/s1. The Hall–Kier alpha value is -1.75. The average Bonchev–Trinajstić information content (AvgIpc) is 3.29. The molecule has 10 heteroatoms. The van der Waals surface area contributed by atoms with Gasteiger partial charge in [0.2, 0.25) is 15.9 Å². The molecule has 1 aromatic heterocycles. The lowest BCUT2D eigenvalue weighted by Gasteiger charge is -2.56. The molecule has 0 saturated carbocycles. The summed E-state index contributed by atoms with van der Waals surface area (Å²) in [5.74, 6) is 0.452. The molecule has 6 aliphatic rings. The summed E-state index contributed by atoms with van der Waals surface area (Å²) in [6.07, 6.45) is 5.25. The van der Waals surface area contributed by atoms with E-state index in [4.69, 9.17) is 14.5 Å². The third-order valence-electron chi connectivity index (χ3n) is 8.53. The Labute approximate surface area is 207 Å². The van der Waals surface area contributed by atoms with Gasteiger partial charge >= 0.3 is 0 Å². The van der Waals surface area contributed by atoms with Crippen molar-refractivity contribution < 1.29 is 22.7 Å². The van der Waals surface area contributed by atoms with Crippen molar-refractivity contribution in [1.82, 2.24) is 14.2 Å². The number of sulfonamides is 1. The van der Waals surface area contributed by atoms with Crippen molar-refractivity contribution in [2.24, 2.45) is 0 Å². The first-order valence-electron chi connectivity index (χ1n) is 13.1. The minimum absolute atomic E-state index is 0.000569. The quantitative estimate of drug-likeness (QED) is 0.620. The van der Waals surface area contributed by atoms with E-state index < -0.39 is 16.1 Å². The molecule has 6 aliphatic heterocycles. The fourth-order valence-electron chi connectivity index (χ4n) is 7.12. The van der Waals surface area contributed by atoms with Gasteiger partial charge in [-0.2, -0.15) is 4.31 Å². The van der Waals surface area contributed by atoms with Gasteiger partial charge in [-0.3, -0.25) is 4.79 Å². The van der Waals surface area contributed by atoms with Gasteiger partial charge in [-0.15, -0.1) is 0 Å². The Balaban J connectivity index is 1.32. The van der Waals surface area contributed by atoms with Gasteiger partial charge in [-0.05, 0) is 71.4 Å². The number of pyridine rings is 1. The van der Waals surface area contributed by atoms with Gasteiger partial charge in [-0.1, -0.05) is 0 Å². The molecule has 0 aromatic carbocycles. The molecule has 4 bridgehead atoms. The normalized spacial score (nSPS) is 37.3. The predicted octanol–water partition coefficient (Wildman–Crippen LogP) is 2.08. The SMILES string of the molecule is Cc1ccc(S(=O)(=O)N2CCC[C@H]2C(=O)N2C3CC4CC2CC(C3)O4)c(N2[C@@H](C)COC[C@@H]2C)n1. The van der Waals surface area contributed by atoms with Crippen LogP contribution in [0.15, 0.2) is 17.0 Å². The Morgan fingerprint density at radius 3 is 2.29 bits per heavy atom. The molecule has 192 valence electrons. The second-order valence-corrected chi connectivity index (χ2v) is 12.9. The zero-order chi connectivity index (χ0) is 24.5. The summed E-state index contributed by atoms with van der Waals surface area (Å²) in [6.45, 7) is 7.34. The minimum atomic E-state index is -3.92. The maximum atomic E-state index is 14.2. The van der Waals surface area contributed by atoms with Crippen molar-refractivity contribution in [3.63, 3.8) is 0 Å². The van der Waals surface area contributed by atoms with E-state index >= 15 is 0 Å². The number of nitrogens with zero attached hydrogens (tertiary/aromatic N) is 4. The van der Waals surface area contributed by atoms with E-state index in [2.05, 4.69) is 4.90 Å². The average molecular weight is 505 g/mol. The second-order valence-electron chi connectivity index (χ2n) is 11.1. The van der Waals surface area contributed by atoms with Gasteiger partial charge < -0.3 is 19.3 Å². The second kappa shape index (κ2) is 8.68. The highest BCUT2D eigenvalue weighted by molar-refractivity contribution is 7.89. The van der Waals surface area contributed by atoms with E-state index in [-0.39, 0.29) is 47.2 Å². The summed E-state index contributed by atoms with van der Waals surface area (Å²) >= 11 is 0. The summed E-state index contributed by atoms with van der Waals surface area (Å²) < 4.78 is 41.5. The predicted molar refractivity (Wildman–Crippen MR) is 130 cm³/mol. The Morgan fingerprint density at radius 1 is 1.03 bits per heavy atom. The van der Waals surface area contributed by atoms with Crippen LogP contribution in [0.3, 0.4) is 0 Å². The Morgan fingerprint density at radius 2 is 1.66 bits per heavy atom. The molecular formula is C25H36N4O5S. The van der Waals surface area contributed by atoms with Crippen LogP contribution in [0.25, 0.3) is 0 Å². The fraction of sp³-hybridized carbons (Fsp3) is 0.760. The van der Waals surface area contributed by atoms with Crippen LogP contribution >= 0.6 is 0 Å². The first-order valence-corrected chi connectivity index (χ1v) is 14.5. The van der Waals surface area contributed by atoms with Crippen LogP contribution in [-0.4, -0.2) is 90.7 Å². The monoisotopic (exact) mass is 504 g/mol. The largest absolute Gasteiger partial charge is 0.377 e. The van der Waals surface area contributed by atoms with Crippen molar-refractivity contribution >= 4 is 21.7 Å². The number of piperidine rings is 2. The molecule has 7 heterocycles. The van der Waals surface area contributed by atoms with Crippen LogP contribution in [0, 0.1) is 6.92 Å². The van der Waals surface area contributed by atoms with Crippen molar-refractivity contribution in [2.45, 2.75) is 107 Å². The summed E-state index contributed by atoms with van der Waals surface area (Å²) in [4.78, 5) is 22.9.